The minimum absolute atomic E-state index is 0.0980. The van der Waals surface area contributed by atoms with Crippen LogP contribution < -0.4 is 5.32 Å². The summed E-state index contributed by atoms with van der Waals surface area (Å²) in [4.78, 5) is 10.7. The highest BCUT2D eigenvalue weighted by atomic mass is 35.5. The fraction of sp³-hybridized carbons (Fsp3) is 0.364. The molecule has 0 aromatic heterocycles. The molecule has 1 saturated carbocycles. The standard InChI is InChI=1S/C11H12ClNO3/c12-10-5-6(1-2-9(10)11(15)16)13-7-3-8(14)4-7/h1-2,5,7-8,13-14H,3-4H2,(H,15,16). The zero-order valence-electron chi connectivity index (χ0n) is 8.48. The molecule has 1 aliphatic carbocycles. The first-order valence-corrected chi connectivity index (χ1v) is 5.41. The smallest absolute Gasteiger partial charge is 0.337 e. The number of nitrogens with one attached hydrogen (secondary N) is 1. The van der Waals surface area contributed by atoms with Crippen molar-refractivity contribution in [1.29, 1.82) is 0 Å². The summed E-state index contributed by atoms with van der Waals surface area (Å²) in [5, 5.41) is 21.3. The molecule has 1 aromatic rings. The number of hydrogen-bond donors (Lipinski definition) is 3. The van der Waals surface area contributed by atoms with Gasteiger partial charge in [-0.15, -0.1) is 0 Å². The van der Waals surface area contributed by atoms with Crippen LogP contribution in [0.1, 0.15) is 23.2 Å². The Bertz CT molecular complexity index is 416. The molecule has 1 aromatic carbocycles. The summed E-state index contributed by atoms with van der Waals surface area (Å²) < 4.78 is 0. The van der Waals surface area contributed by atoms with Crippen molar-refractivity contribution < 1.29 is 15.0 Å². The third-order valence-corrected chi connectivity index (χ3v) is 3.00. The third-order valence-electron chi connectivity index (χ3n) is 2.68. The fourth-order valence-corrected chi connectivity index (χ4v) is 1.98. The molecule has 2 rings (SSSR count). The predicted molar refractivity (Wildman–Crippen MR) is 61.1 cm³/mol. The summed E-state index contributed by atoms with van der Waals surface area (Å²) in [6.45, 7) is 0. The van der Waals surface area contributed by atoms with Crippen LogP contribution in [0.3, 0.4) is 0 Å². The van der Waals surface area contributed by atoms with Crippen molar-refractivity contribution >= 4 is 23.3 Å². The zero-order valence-corrected chi connectivity index (χ0v) is 9.24. The lowest BCUT2D eigenvalue weighted by molar-refractivity contribution is 0.0697. The number of aliphatic hydroxyl groups is 1. The predicted octanol–water partition coefficient (Wildman–Crippen LogP) is 1.97. The maximum absolute atomic E-state index is 10.7. The highest BCUT2D eigenvalue weighted by Crippen LogP contribution is 2.26. The van der Waals surface area contributed by atoms with Crippen LogP contribution in [0.4, 0.5) is 5.69 Å². The van der Waals surface area contributed by atoms with E-state index in [0.29, 0.717) is 0 Å². The molecular formula is C11H12ClNO3. The zero-order chi connectivity index (χ0) is 11.7. The fourth-order valence-electron chi connectivity index (χ4n) is 1.72. The number of carboxylic acids is 1. The quantitative estimate of drug-likeness (QED) is 0.757. The topological polar surface area (TPSA) is 69.6 Å². The summed E-state index contributed by atoms with van der Waals surface area (Å²) >= 11 is 5.83. The Morgan fingerprint density at radius 2 is 2.12 bits per heavy atom. The van der Waals surface area contributed by atoms with Gasteiger partial charge in [0.2, 0.25) is 0 Å². The molecule has 1 fully saturated rings. The molecule has 0 amide bonds. The maximum atomic E-state index is 10.7. The van der Waals surface area contributed by atoms with Gasteiger partial charge in [0.25, 0.3) is 0 Å². The monoisotopic (exact) mass is 241 g/mol. The molecule has 0 aliphatic heterocycles. The Kier molecular flexibility index (Phi) is 3.03. The molecule has 5 heteroatoms. The van der Waals surface area contributed by atoms with Crippen LogP contribution in [-0.4, -0.2) is 28.3 Å². The van der Waals surface area contributed by atoms with Gasteiger partial charge < -0.3 is 15.5 Å². The van der Waals surface area contributed by atoms with Crippen LogP contribution in [0, 0.1) is 0 Å². The van der Waals surface area contributed by atoms with Crippen molar-refractivity contribution in [2.75, 3.05) is 5.32 Å². The first-order valence-electron chi connectivity index (χ1n) is 5.03. The van der Waals surface area contributed by atoms with E-state index in [1.807, 2.05) is 0 Å². The van der Waals surface area contributed by atoms with Crippen molar-refractivity contribution in [3.63, 3.8) is 0 Å². The number of aromatic carboxylic acids is 1. The Labute approximate surface area is 97.9 Å². The average molecular weight is 242 g/mol. The number of rotatable bonds is 3. The molecule has 1 aliphatic rings. The third kappa shape index (κ3) is 2.28. The Morgan fingerprint density at radius 3 is 2.62 bits per heavy atom. The van der Waals surface area contributed by atoms with Crippen molar-refractivity contribution in [3.05, 3.63) is 28.8 Å². The van der Waals surface area contributed by atoms with Crippen LogP contribution >= 0.6 is 11.6 Å². The summed E-state index contributed by atoms with van der Waals surface area (Å²) in [6.07, 6.45) is 1.22. The van der Waals surface area contributed by atoms with Gasteiger partial charge in [0, 0.05) is 11.7 Å². The summed E-state index contributed by atoms with van der Waals surface area (Å²) in [6, 6.07) is 5.00. The molecule has 16 heavy (non-hydrogen) atoms. The molecule has 0 saturated heterocycles. The van der Waals surface area contributed by atoms with E-state index in [1.54, 1.807) is 12.1 Å². The second-order valence-corrected chi connectivity index (χ2v) is 4.37. The Morgan fingerprint density at radius 1 is 1.44 bits per heavy atom. The van der Waals surface area contributed by atoms with Crippen LogP contribution in [0.5, 0.6) is 0 Å². The lowest BCUT2D eigenvalue weighted by atomic mass is 9.89. The highest BCUT2D eigenvalue weighted by molar-refractivity contribution is 6.33. The van der Waals surface area contributed by atoms with Crippen LogP contribution in [0.2, 0.25) is 5.02 Å². The number of halogens is 1. The van der Waals surface area contributed by atoms with E-state index in [-0.39, 0.29) is 22.7 Å². The lowest BCUT2D eigenvalue weighted by Crippen LogP contribution is -2.38. The number of carbonyl (C=O) groups is 1. The van der Waals surface area contributed by atoms with Crippen molar-refractivity contribution in [3.8, 4) is 0 Å². The van der Waals surface area contributed by atoms with Gasteiger partial charge in [-0.05, 0) is 31.0 Å². The second-order valence-electron chi connectivity index (χ2n) is 3.97. The molecule has 0 spiro atoms. The average Bonchev–Trinajstić information content (AvgIpc) is 2.15. The molecule has 3 N–H and O–H groups in total. The summed E-state index contributed by atoms with van der Waals surface area (Å²) in [5.41, 5.74) is 0.882. The normalized spacial score (nSPS) is 23.6. The Hall–Kier alpha value is -1.26. The van der Waals surface area contributed by atoms with Crippen molar-refractivity contribution in [2.45, 2.75) is 25.0 Å². The van der Waals surface area contributed by atoms with Gasteiger partial charge in [-0.25, -0.2) is 4.79 Å². The van der Waals surface area contributed by atoms with Crippen molar-refractivity contribution in [1.82, 2.24) is 0 Å². The number of hydrogen-bond acceptors (Lipinski definition) is 3. The molecule has 0 atom stereocenters. The van der Waals surface area contributed by atoms with Gasteiger partial charge in [-0.1, -0.05) is 11.6 Å². The first-order chi connectivity index (χ1) is 7.56. The number of anilines is 1. The highest BCUT2D eigenvalue weighted by Gasteiger charge is 2.26. The van der Waals surface area contributed by atoms with E-state index in [4.69, 9.17) is 21.8 Å². The summed E-state index contributed by atoms with van der Waals surface area (Å²) in [7, 11) is 0. The SMILES string of the molecule is O=C(O)c1ccc(NC2CC(O)C2)cc1Cl. The van der Waals surface area contributed by atoms with E-state index in [2.05, 4.69) is 5.32 Å². The minimum atomic E-state index is -1.03. The maximum Gasteiger partial charge on any atom is 0.337 e. The van der Waals surface area contributed by atoms with Crippen molar-refractivity contribution in [2.24, 2.45) is 0 Å². The Balaban J connectivity index is 2.06. The second kappa shape index (κ2) is 4.31. The van der Waals surface area contributed by atoms with Gasteiger partial charge in [-0.2, -0.15) is 0 Å². The van der Waals surface area contributed by atoms with E-state index < -0.39 is 5.97 Å². The number of aliphatic hydroxyl groups excluding tert-OH is 1. The van der Waals surface area contributed by atoms with Crippen LogP contribution in [-0.2, 0) is 0 Å². The van der Waals surface area contributed by atoms with Gasteiger partial charge in [0.05, 0.1) is 16.7 Å². The largest absolute Gasteiger partial charge is 0.478 e. The first kappa shape index (κ1) is 11.2. The van der Waals surface area contributed by atoms with E-state index in [9.17, 15) is 4.79 Å². The molecule has 4 nitrogen and oxygen atoms in total. The number of carboxylic acid groups (broad SMARTS) is 1. The van der Waals surface area contributed by atoms with Gasteiger partial charge in [0.15, 0.2) is 0 Å². The van der Waals surface area contributed by atoms with E-state index >= 15 is 0 Å². The van der Waals surface area contributed by atoms with Gasteiger partial charge >= 0.3 is 5.97 Å². The minimum Gasteiger partial charge on any atom is -0.478 e. The number of benzene rings is 1. The van der Waals surface area contributed by atoms with Gasteiger partial charge in [0.1, 0.15) is 0 Å². The summed E-state index contributed by atoms with van der Waals surface area (Å²) in [5.74, 6) is -1.03. The molecular weight excluding hydrogens is 230 g/mol. The van der Waals surface area contributed by atoms with Gasteiger partial charge in [-0.3, -0.25) is 0 Å². The molecule has 0 radical (unpaired) electrons. The molecule has 86 valence electrons. The lowest BCUT2D eigenvalue weighted by Gasteiger charge is -2.32. The molecule has 0 bridgehead atoms. The van der Waals surface area contributed by atoms with Crippen LogP contribution in [0.15, 0.2) is 18.2 Å². The molecule has 0 heterocycles. The van der Waals surface area contributed by atoms with E-state index in [1.165, 1.54) is 6.07 Å². The van der Waals surface area contributed by atoms with E-state index in [0.717, 1.165) is 18.5 Å². The van der Waals surface area contributed by atoms with Crippen LogP contribution in [0.25, 0.3) is 0 Å². The molecule has 0 unspecified atom stereocenters.